The Kier molecular flexibility index (Phi) is 4.12. The first-order valence-corrected chi connectivity index (χ1v) is 7.43. The second-order valence-corrected chi connectivity index (χ2v) is 5.77. The molecule has 1 aromatic heterocycles. The molecule has 0 saturated carbocycles. The van der Waals surface area contributed by atoms with Gasteiger partial charge in [0.05, 0.1) is 12.8 Å². The number of amides is 1. The van der Waals surface area contributed by atoms with Crippen molar-refractivity contribution in [3.8, 4) is 11.1 Å². The number of aromatic nitrogens is 2. The Labute approximate surface area is 134 Å². The number of likely N-dealkylation sites (N-methyl/N-ethyl adjacent to an activating group) is 1. The summed E-state index contributed by atoms with van der Waals surface area (Å²) in [7, 11) is 3.47. The highest BCUT2D eigenvalue weighted by atomic mass is 16.3. The van der Waals surface area contributed by atoms with Gasteiger partial charge in [0, 0.05) is 25.9 Å². The lowest BCUT2D eigenvalue weighted by atomic mass is 10.0. The van der Waals surface area contributed by atoms with E-state index < -0.39 is 0 Å². The first kappa shape index (κ1) is 15.2. The molecule has 1 heterocycles. The number of nitrogens with zero attached hydrogens (tertiary/aromatic N) is 3. The number of aliphatic hydroxyl groups is 1. The number of carbonyl (C=O) groups is 1. The summed E-state index contributed by atoms with van der Waals surface area (Å²) in [5.41, 5.74) is 2.93. The van der Waals surface area contributed by atoms with E-state index in [0.717, 1.165) is 27.5 Å². The average molecular weight is 309 g/mol. The van der Waals surface area contributed by atoms with Crippen LogP contribution in [0.2, 0.25) is 0 Å². The van der Waals surface area contributed by atoms with Crippen molar-refractivity contribution in [1.29, 1.82) is 0 Å². The average Bonchev–Trinajstić information content (AvgIpc) is 3.02. The molecule has 0 unspecified atom stereocenters. The maximum absolute atomic E-state index is 11.7. The molecule has 2 aromatic carbocycles. The zero-order valence-electron chi connectivity index (χ0n) is 13.2. The van der Waals surface area contributed by atoms with E-state index in [2.05, 4.69) is 11.2 Å². The number of carbonyl (C=O) groups excluding carboxylic acids is 1. The molecular weight excluding hydrogens is 290 g/mol. The van der Waals surface area contributed by atoms with Crippen LogP contribution in [0, 0.1) is 0 Å². The third kappa shape index (κ3) is 3.24. The zero-order chi connectivity index (χ0) is 16.4. The lowest BCUT2D eigenvalue weighted by Gasteiger charge is -2.09. The van der Waals surface area contributed by atoms with Crippen LogP contribution in [0.25, 0.3) is 21.9 Å². The largest absolute Gasteiger partial charge is 0.392 e. The summed E-state index contributed by atoms with van der Waals surface area (Å²) in [6.45, 7) is 0.283. The maximum Gasteiger partial charge on any atom is 0.243 e. The fraction of sp³-hybridized carbons (Fsp3) is 0.222. The summed E-state index contributed by atoms with van der Waals surface area (Å²) in [5.74, 6) is 0.00898. The molecule has 118 valence electrons. The third-order valence-electron chi connectivity index (χ3n) is 3.85. The standard InChI is InChI=1S/C18H19N3O2/c1-20(2)18(23)11-21-10-17(9-19-21)16-6-5-14-7-13(12-22)3-4-15(14)8-16/h3-10,22H,11-12H2,1-2H3. The molecule has 3 aromatic rings. The minimum Gasteiger partial charge on any atom is -0.392 e. The molecule has 0 bridgehead atoms. The number of rotatable bonds is 4. The zero-order valence-corrected chi connectivity index (χ0v) is 13.2. The molecule has 0 radical (unpaired) electrons. The van der Waals surface area contributed by atoms with Crippen molar-refractivity contribution in [2.45, 2.75) is 13.2 Å². The molecular formula is C18H19N3O2. The van der Waals surface area contributed by atoms with Gasteiger partial charge in [-0.3, -0.25) is 9.48 Å². The number of hydrogen-bond donors (Lipinski definition) is 1. The van der Waals surface area contributed by atoms with Crippen molar-refractivity contribution >= 4 is 16.7 Å². The molecule has 0 aliphatic carbocycles. The van der Waals surface area contributed by atoms with Crippen molar-refractivity contribution in [2.75, 3.05) is 14.1 Å². The predicted molar refractivity (Wildman–Crippen MR) is 89.8 cm³/mol. The van der Waals surface area contributed by atoms with Gasteiger partial charge in [-0.05, 0) is 34.0 Å². The van der Waals surface area contributed by atoms with E-state index in [1.54, 1.807) is 29.9 Å². The van der Waals surface area contributed by atoms with Gasteiger partial charge in [-0.2, -0.15) is 5.10 Å². The molecule has 0 atom stereocenters. The van der Waals surface area contributed by atoms with Gasteiger partial charge in [0.2, 0.25) is 5.91 Å². The van der Waals surface area contributed by atoms with Crippen molar-refractivity contribution in [3.63, 3.8) is 0 Å². The topological polar surface area (TPSA) is 58.4 Å². The molecule has 5 heteroatoms. The maximum atomic E-state index is 11.7. The Morgan fingerprint density at radius 2 is 1.87 bits per heavy atom. The second kappa shape index (κ2) is 6.22. The highest BCUT2D eigenvalue weighted by Crippen LogP contribution is 2.25. The number of hydrogen-bond acceptors (Lipinski definition) is 3. The van der Waals surface area contributed by atoms with Crippen LogP contribution < -0.4 is 0 Å². The Balaban J connectivity index is 1.88. The van der Waals surface area contributed by atoms with Crippen molar-refractivity contribution in [1.82, 2.24) is 14.7 Å². The van der Waals surface area contributed by atoms with Crippen LogP contribution >= 0.6 is 0 Å². The van der Waals surface area contributed by atoms with Gasteiger partial charge >= 0.3 is 0 Å². The van der Waals surface area contributed by atoms with Gasteiger partial charge < -0.3 is 10.0 Å². The fourth-order valence-electron chi connectivity index (χ4n) is 2.45. The second-order valence-electron chi connectivity index (χ2n) is 5.77. The molecule has 1 N–H and O–H groups in total. The Hall–Kier alpha value is -2.66. The number of fused-ring (bicyclic) bond motifs is 1. The molecule has 0 aliphatic rings. The van der Waals surface area contributed by atoms with Crippen LogP contribution in [-0.4, -0.2) is 39.8 Å². The highest BCUT2D eigenvalue weighted by molar-refractivity contribution is 5.87. The molecule has 1 amide bonds. The lowest BCUT2D eigenvalue weighted by molar-refractivity contribution is -0.129. The minimum atomic E-state index is 0.00898. The minimum absolute atomic E-state index is 0.00898. The quantitative estimate of drug-likeness (QED) is 0.804. The van der Waals surface area contributed by atoms with E-state index in [-0.39, 0.29) is 19.1 Å². The van der Waals surface area contributed by atoms with Gasteiger partial charge in [-0.15, -0.1) is 0 Å². The fourth-order valence-corrected chi connectivity index (χ4v) is 2.45. The van der Waals surface area contributed by atoms with E-state index in [1.165, 1.54) is 0 Å². The van der Waals surface area contributed by atoms with Gasteiger partial charge in [0.25, 0.3) is 0 Å². The number of aliphatic hydroxyl groups excluding tert-OH is 1. The van der Waals surface area contributed by atoms with Crippen LogP contribution in [0.15, 0.2) is 48.8 Å². The normalized spacial score (nSPS) is 10.9. The summed E-state index contributed by atoms with van der Waals surface area (Å²) in [4.78, 5) is 13.3. The Morgan fingerprint density at radius 3 is 2.61 bits per heavy atom. The van der Waals surface area contributed by atoms with E-state index in [1.807, 2.05) is 36.5 Å². The van der Waals surface area contributed by atoms with Crippen LogP contribution in [0.5, 0.6) is 0 Å². The van der Waals surface area contributed by atoms with Crippen LogP contribution in [0.4, 0.5) is 0 Å². The van der Waals surface area contributed by atoms with Crippen molar-refractivity contribution in [2.24, 2.45) is 0 Å². The van der Waals surface area contributed by atoms with Gasteiger partial charge in [-0.1, -0.05) is 24.3 Å². The van der Waals surface area contributed by atoms with Crippen molar-refractivity contribution < 1.29 is 9.90 Å². The summed E-state index contributed by atoms with van der Waals surface area (Å²) in [6.07, 6.45) is 3.65. The molecule has 0 saturated heterocycles. The van der Waals surface area contributed by atoms with Crippen molar-refractivity contribution in [3.05, 3.63) is 54.4 Å². The van der Waals surface area contributed by atoms with Crippen LogP contribution in [0.3, 0.4) is 0 Å². The lowest BCUT2D eigenvalue weighted by Crippen LogP contribution is -2.26. The first-order chi connectivity index (χ1) is 11.1. The van der Waals surface area contributed by atoms with E-state index >= 15 is 0 Å². The van der Waals surface area contributed by atoms with E-state index in [0.29, 0.717) is 0 Å². The predicted octanol–water partition coefficient (Wildman–Crippen LogP) is 2.28. The van der Waals surface area contributed by atoms with Gasteiger partial charge in [-0.25, -0.2) is 0 Å². The summed E-state index contributed by atoms with van der Waals surface area (Å²) >= 11 is 0. The molecule has 0 aliphatic heterocycles. The molecule has 3 rings (SSSR count). The highest BCUT2D eigenvalue weighted by Gasteiger charge is 2.08. The van der Waals surface area contributed by atoms with Gasteiger partial charge in [0.1, 0.15) is 6.54 Å². The Bertz CT molecular complexity index is 852. The molecule has 0 spiro atoms. The van der Waals surface area contributed by atoms with Crippen LogP contribution in [0.1, 0.15) is 5.56 Å². The van der Waals surface area contributed by atoms with E-state index in [9.17, 15) is 9.90 Å². The monoisotopic (exact) mass is 309 g/mol. The third-order valence-corrected chi connectivity index (χ3v) is 3.85. The molecule has 23 heavy (non-hydrogen) atoms. The van der Waals surface area contributed by atoms with E-state index in [4.69, 9.17) is 0 Å². The van der Waals surface area contributed by atoms with Crippen LogP contribution in [-0.2, 0) is 17.9 Å². The summed E-state index contributed by atoms with van der Waals surface area (Å²) in [6, 6.07) is 12.1. The summed E-state index contributed by atoms with van der Waals surface area (Å²) < 4.78 is 1.65. The van der Waals surface area contributed by atoms with Gasteiger partial charge in [0.15, 0.2) is 0 Å². The summed E-state index contributed by atoms with van der Waals surface area (Å²) in [5, 5.41) is 15.7. The first-order valence-electron chi connectivity index (χ1n) is 7.43. The molecule has 0 fully saturated rings. The SMILES string of the molecule is CN(C)C(=O)Cn1cc(-c2ccc3cc(CO)ccc3c2)cn1. The smallest absolute Gasteiger partial charge is 0.243 e. The molecule has 5 nitrogen and oxygen atoms in total. The Morgan fingerprint density at radius 1 is 1.13 bits per heavy atom. The number of benzene rings is 2.